The highest BCUT2D eigenvalue weighted by Crippen LogP contribution is 2.32. The molecule has 0 unspecified atom stereocenters. The molecule has 190 valence electrons. The van der Waals surface area contributed by atoms with Crippen LogP contribution in [-0.2, 0) is 20.8 Å². The highest BCUT2D eigenvalue weighted by molar-refractivity contribution is 14.1. The molecule has 14 heteroatoms. The van der Waals surface area contributed by atoms with Gasteiger partial charge in [-0.05, 0) is 86.2 Å². The molecule has 0 bridgehead atoms. The molecule has 2 aromatic rings. The molecule has 2 atom stereocenters. The normalized spacial score (nSPS) is 12.6. The lowest BCUT2D eigenvalue weighted by molar-refractivity contribution is -0.142. The van der Waals surface area contributed by atoms with Gasteiger partial charge in [0.1, 0.15) is 17.8 Å². The van der Waals surface area contributed by atoms with Crippen molar-refractivity contribution >= 4 is 91.5 Å². The van der Waals surface area contributed by atoms with Gasteiger partial charge in [-0.1, -0.05) is 13.8 Å². The van der Waals surface area contributed by atoms with Crippen LogP contribution in [0.3, 0.4) is 0 Å². The fourth-order valence-corrected chi connectivity index (χ4v) is 6.93. The third kappa shape index (κ3) is 8.72. The van der Waals surface area contributed by atoms with Gasteiger partial charge >= 0.3 is 5.97 Å². The smallest absolute Gasteiger partial charge is 0.326 e. The van der Waals surface area contributed by atoms with Gasteiger partial charge < -0.3 is 31.1 Å². The maximum absolute atomic E-state index is 12.9. The van der Waals surface area contributed by atoms with Crippen LogP contribution in [-0.4, -0.2) is 62.5 Å². The Morgan fingerprint density at radius 2 is 1.77 bits per heavy atom. The van der Waals surface area contributed by atoms with E-state index in [1.807, 2.05) is 81.6 Å². The molecule has 1 heterocycles. The van der Waals surface area contributed by atoms with Crippen molar-refractivity contribution in [3.63, 3.8) is 0 Å². The molecule has 0 spiro atoms. The summed E-state index contributed by atoms with van der Waals surface area (Å²) >= 11 is 5.79. The number of carboxylic acid groups (broad SMARTS) is 1. The molecule has 0 aliphatic heterocycles. The topological polar surface area (TPSA) is 174 Å². The number of nitrogens with one attached hydrogen (secondary N) is 4. The molecule has 0 aliphatic carbocycles. The Bertz CT molecular complexity index is 1090. The number of aromatic nitrogens is 2. The van der Waals surface area contributed by atoms with Crippen LogP contribution in [0.5, 0.6) is 5.75 Å². The summed E-state index contributed by atoms with van der Waals surface area (Å²) in [5.41, 5.74) is 0.797. The number of imidazole rings is 1. The number of H-pyrrole nitrogens is 1. The Labute approximate surface area is 242 Å². The van der Waals surface area contributed by atoms with Crippen molar-refractivity contribution in [2.45, 2.75) is 38.8 Å². The van der Waals surface area contributed by atoms with Crippen LogP contribution < -0.4 is 16.0 Å². The third-order valence-corrected chi connectivity index (χ3v) is 7.46. The molecule has 2 rings (SSSR count). The van der Waals surface area contributed by atoms with Crippen LogP contribution in [0.2, 0.25) is 0 Å². The zero-order valence-corrected chi connectivity index (χ0v) is 25.2. The molecular formula is C21H24I3N5O6. The molecule has 3 amide bonds. The summed E-state index contributed by atoms with van der Waals surface area (Å²) in [5, 5.41) is 27.1. The average molecular weight is 823 g/mol. The second kappa shape index (κ2) is 13.6. The number of carbonyl (C=O) groups excluding carboxylic acids is 3. The van der Waals surface area contributed by atoms with Crippen LogP contribution in [0.1, 0.15) is 36.3 Å². The number of aliphatic carboxylic acids is 1. The van der Waals surface area contributed by atoms with Gasteiger partial charge in [-0.3, -0.25) is 14.4 Å². The van der Waals surface area contributed by atoms with Crippen molar-refractivity contribution in [1.82, 2.24) is 25.9 Å². The number of aromatic amines is 1. The first-order valence-corrected chi connectivity index (χ1v) is 13.6. The van der Waals surface area contributed by atoms with Crippen LogP contribution in [0.25, 0.3) is 0 Å². The van der Waals surface area contributed by atoms with E-state index in [-0.39, 0.29) is 30.1 Å². The van der Waals surface area contributed by atoms with E-state index in [0.717, 1.165) is 0 Å². The maximum Gasteiger partial charge on any atom is 0.326 e. The molecule has 0 radical (unpaired) electrons. The van der Waals surface area contributed by atoms with Gasteiger partial charge in [-0.2, -0.15) is 0 Å². The van der Waals surface area contributed by atoms with Crippen molar-refractivity contribution in [3.8, 4) is 5.75 Å². The summed E-state index contributed by atoms with van der Waals surface area (Å²) in [7, 11) is 0. The number of carbonyl (C=O) groups is 4. The fourth-order valence-electron chi connectivity index (χ4n) is 3.07. The van der Waals surface area contributed by atoms with Crippen molar-refractivity contribution < 1.29 is 29.4 Å². The molecular weight excluding hydrogens is 799 g/mol. The average Bonchev–Trinajstić information content (AvgIpc) is 3.28. The summed E-state index contributed by atoms with van der Waals surface area (Å²) in [4.78, 5) is 56.5. The second-order valence-corrected chi connectivity index (χ2v) is 11.4. The quantitative estimate of drug-likeness (QED) is 0.188. The number of carboxylic acids is 1. The minimum absolute atomic E-state index is 0.0214. The minimum Gasteiger partial charge on any atom is -0.506 e. The Kier molecular flexibility index (Phi) is 11.4. The monoisotopic (exact) mass is 823 g/mol. The Hall–Kier alpha value is -1.70. The summed E-state index contributed by atoms with van der Waals surface area (Å²) in [6.45, 7) is 3.24. The zero-order chi connectivity index (χ0) is 26.3. The highest BCUT2D eigenvalue weighted by Gasteiger charge is 2.28. The lowest BCUT2D eigenvalue weighted by atomic mass is 10.0. The number of nitrogens with zero attached hydrogens (tertiary/aromatic N) is 1. The van der Waals surface area contributed by atoms with E-state index in [0.29, 0.717) is 16.4 Å². The van der Waals surface area contributed by atoms with E-state index in [1.54, 1.807) is 6.07 Å². The van der Waals surface area contributed by atoms with Gasteiger partial charge in [0, 0.05) is 21.9 Å². The summed E-state index contributed by atoms with van der Waals surface area (Å²) in [5.74, 6) is -3.04. The molecule has 11 nitrogen and oxygen atoms in total. The van der Waals surface area contributed by atoms with E-state index in [9.17, 15) is 29.4 Å². The highest BCUT2D eigenvalue weighted by atomic mass is 127. The van der Waals surface area contributed by atoms with E-state index in [4.69, 9.17) is 0 Å². The van der Waals surface area contributed by atoms with Gasteiger partial charge in [0.2, 0.25) is 11.8 Å². The number of hydrogen-bond donors (Lipinski definition) is 6. The molecule has 1 aromatic heterocycles. The molecule has 35 heavy (non-hydrogen) atoms. The maximum atomic E-state index is 12.9. The van der Waals surface area contributed by atoms with E-state index < -0.39 is 42.3 Å². The SMILES string of the molecule is CC(C)C[C@H](NC(=O)[C@H](Cc1cnc[nH]1)NC(=O)CNC(=O)c1c(I)cc(I)c(O)c1I)C(=O)O. The number of hydrogen-bond acceptors (Lipinski definition) is 6. The van der Waals surface area contributed by atoms with E-state index >= 15 is 0 Å². The Balaban J connectivity index is 2.10. The first-order chi connectivity index (χ1) is 16.4. The predicted octanol–water partition coefficient (Wildman–Crippen LogP) is 2.00. The molecule has 1 aromatic carbocycles. The number of halogens is 3. The van der Waals surface area contributed by atoms with Gasteiger partial charge in [0.25, 0.3) is 5.91 Å². The van der Waals surface area contributed by atoms with Crippen LogP contribution >= 0.6 is 67.8 Å². The van der Waals surface area contributed by atoms with Gasteiger partial charge in [0.05, 0.1) is 25.6 Å². The van der Waals surface area contributed by atoms with Gasteiger partial charge in [-0.15, -0.1) is 0 Å². The van der Waals surface area contributed by atoms with Crippen molar-refractivity contribution in [3.05, 3.63) is 40.6 Å². The van der Waals surface area contributed by atoms with Crippen LogP contribution in [0, 0.1) is 16.6 Å². The largest absolute Gasteiger partial charge is 0.506 e. The summed E-state index contributed by atoms with van der Waals surface area (Å²) < 4.78 is 1.56. The first kappa shape index (κ1) is 29.5. The van der Waals surface area contributed by atoms with Crippen LogP contribution in [0.4, 0.5) is 0 Å². The lowest BCUT2D eigenvalue weighted by Gasteiger charge is -2.22. The first-order valence-electron chi connectivity index (χ1n) is 10.3. The number of benzene rings is 1. The fraction of sp³-hybridized carbons (Fsp3) is 0.381. The molecule has 0 aliphatic rings. The van der Waals surface area contributed by atoms with Gasteiger partial charge in [0.15, 0.2) is 0 Å². The Morgan fingerprint density at radius 1 is 1.09 bits per heavy atom. The molecule has 0 saturated carbocycles. The van der Waals surface area contributed by atoms with Crippen molar-refractivity contribution in [1.29, 1.82) is 0 Å². The van der Waals surface area contributed by atoms with E-state index in [2.05, 4.69) is 25.9 Å². The Morgan fingerprint density at radius 3 is 2.34 bits per heavy atom. The van der Waals surface area contributed by atoms with Crippen LogP contribution in [0.15, 0.2) is 18.6 Å². The second-order valence-electron chi connectivity index (χ2n) is 7.99. The molecule has 6 N–H and O–H groups in total. The predicted molar refractivity (Wildman–Crippen MR) is 152 cm³/mol. The minimum atomic E-state index is -1.17. The number of amides is 3. The number of rotatable bonds is 11. The number of aromatic hydroxyl groups is 1. The van der Waals surface area contributed by atoms with Gasteiger partial charge in [-0.25, -0.2) is 9.78 Å². The molecule has 0 fully saturated rings. The van der Waals surface area contributed by atoms with Crippen molar-refractivity contribution in [2.24, 2.45) is 5.92 Å². The number of phenols is 1. The standard InChI is InChI=1S/C21H24I3N5O6/c1-9(2)3-14(21(34)35)29-19(32)13(4-10-6-25-8-27-10)28-15(30)7-26-20(33)16-11(22)5-12(23)18(31)17(16)24/h5-6,8-9,13-14,31H,3-4,7H2,1-2H3,(H,25,27)(H,26,33)(H,28,30)(H,29,32)(H,34,35)/t13-,14-/m0/s1. The van der Waals surface area contributed by atoms with E-state index in [1.165, 1.54) is 12.5 Å². The third-order valence-electron chi connectivity index (χ3n) is 4.73. The van der Waals surface area contributed by atoms with Crippen molar-refractivity contribution in [2.75, 3.05) is 6.54 Å². The summed E-state index contributed by atoms with van der Waals surface area (Å²) in [6.07, 6.45) is 3.18. The summed E-state index contributed by atoms with van der Waals surface area (Å²) in [6, 6.07) is -0.563. The number of phenolic OH excluding ortho intramolecular Hbond substituents is 1. The zero-order valence-electron chi connectivity index (χ0n) is 18.7. The molecule has 0 saturated heterocycles. The lowest BCUT2D eigenvalue weighted by Crippen LogP contribution is -2.54.